The van der Waals surface area contributed by atoms with Gasteiger partial charge >= 0.3 is 5.69 Å². The third kappa shape index (κ3) is 6.50. The van der Waals surface area contributed by atoms with Crippen LogP contribution in [0.4, 0.5) is 11.9 Å². The van der Waals surface area contributed by atoms with E-state index in [1.807, 2.05) is 0 Å². The number of H-pyrrole nitrogens is 1. The number of aromatic amines is 1. The van der Waals surface area contributed by atoms with Crippen molar-refractivity contribution in [1.82, 2.24) is 15.0 Å². The number of hydrogen-bond donors (Lipinski definition) is 5. The van der Waals surface area contributed by atoms with Gasteiger partial charge in [-0.05, 0) is 12.2 Å². The van der Waals surface area contributed by atoms with Gasteiger partial charge in [0, 0.05) is 0 Å². The van der Waals surface area contributed by atoms with E-state index in [4.69, 9.17) is 11.5 Å². The molecule has 0 saturated heterocycles. The van der Waals surface area contributed by atoms with Gasteiger partial charge in [-0.15, -0.1) is 0 Å². The highest BCUT2D eigenvalue weighted by atomic mass is 32.1. The molecule has 0 unspecified atom stereocenters. The molecule has 1 aromatic rings. The SMILES string of the molecule is NC(N)=S.Nc1nc(N)[nH]c(=O)n1. The van der Waals surface area contributed by atoms with E-state index >= 15 is 0 Å². The monoisotopic (exact) mass is 203 g/mol. The second-order valence-electron chi connectivity index (χ2n) is 1.80. The molecule has 0 aliphatic rings. The summed E-state index contributed by atoms with van der Waals surface area (Å²) in [6, 6.07) is 0. The molecule has 0 aliphatic heterocycles. The van der Waals surface area contributed by atoms with Crippen LogP contribution in [0.5, 0.6) is 0 Å². The minimum atomic E-state index is -0.583. The fourth-order valence-electron chi connectivity index (χ4n) is 0.418. The van der Waals surface area contributed by atoms with E-state index in [-0.39, 0.29) is 17.0 Å². The molecular formula is C4H9N7OS. The van der Waals surface area contributed by atoms with Crippen LogP contribution in [-0.4, -0.2) is 20.1 Å². The van der Waals surface area contributed by atoms with Crippen molar-refractivity contribution in [2.24, 2.45) is 11.5 Å². The van der Waals surface area contributed by atoms with Gasteiger partial charge in [-0.25, -0.2) is 4.79 Å². The molecule has 0 aliphatic carbocycles. The molecule has 0 aromatic carbocycles. The van der Waals surface area contributed by atoms with Crippen molar-refractivity contribution in [3.05, 3.63) is 10.5 Å². The zero-order valence-electron chi connectivity index (χ0n) is 6.52. The van der Waals surface area contributed by atoms with Crippen LogP contribution >= 0.6 is 12.2 Å². The van der Waals surface area contributed by atoms with Crippen LogP contribution in [0, 0.1) is 0 Å². The first-order valence-electron chi connectivity index (χ1n) is 2.96. The van der Waals surface area contributed by atoms with E-state index in [2.05, 4.69) is 38.6 Å². The maximum absolute atomic E-state index is 10.3. The van der Waals surface area contributed by atoms with Gasteiger partial charge in [-0.3, -0.25) is 4.98 Å². The second-order valence-corrected chi connectivity index (χ2v) is 2.27. The number of rotatable bonds is 0. The summed E-state index contributed by atoms with van der Waals surface area (Å²) in [6.45, 7) is 0. The maximum Gasteiger partial charge on any atom is 0.350 e. The zero-order chi connectivity index (χ0) is 10.4. The number of thiocarbonyl (C=S) groups is 1. The molecular weight excluding hydrogens is 194 g/mol. The topological polar surface area (TPSA) is 163 Å². The van der Waals surface area contributed by atoms with Gasteiger partial charge in [0.2, 0.25) is 11.9 Å². The summed E-state index contributed by atoms with van der Waals surface area (Å²) < 4.78 is 0. The molecule has 8 nitrogen and oxygen atoms in total. The molecule has 0 amide bonds. The van der Waals surface area contributed by atoms with Crippen molar-refractivity contribution < 1.29 is 0 Å². The molecule has 0 bridgehead atoms. The lowest BCUT2D eigenvalue weighted by molar-refractivity contribution is 1.01. The van der Waals surface area contributed by atoms with Gasteiger partial charge < -0.3 is 22.9 Å². The number of nitrogens with one attached hydrogen (secondary N) is 1. The lowest BCUT2D eigenvalue weighted by Crippen LogP contribution is -2.18. The number of nitrogen functional groups attached to an aromatic ring is 2. The molecule has 13 heavy (non-hydrogen) atoms. The highest BCUT2D eigenvalue weighted by Crippen LogP contribution is 1.85. The number of nitrogens with two attached hydrogens (primary N) is 4. The Morgan fingerprint density at radius 2 is 1.77 bits per heavy atom. The van der Waals surface area contributed by atoms with Gasteiger partial charge in [0.1, 0.15) is 0 Å². The highest BCUT2D eigenvalue weighted by molar-refractivity contribution is 7.80. The molecule has 1 aromatic heterocycles. The van der Waals surface area contributed by atoms with Gasteiger partial charge in [0.25, 0.3) is 0 Å². The Hall–Kier alpha value is -1.90. The first kappa shape index (κ1) is 11.1. The molecule has 0 fully saturated rings. The Balaban J connectivity index is 0.000000310. The molecule has 0 radical (unpaired) electrons. The number of nitrogens with zero attached hydrogens (tertiary/aromatic N) is 2. The second kappa shape index (κ2) is 4.87. The average Bonchev–Trinajstić information content (AvgIpc) is 1.80. The van der Waals surface area contributed by atoms with Crippen LogP contribution in [0.3, 0.4) is 0 Å². The zero-order valence-corrected chi connectivity index (χ0v) is 7.34. The molecule has 0 saturated carbocycles. The lowest BCUT2D eigenvalue weighted by atomic mass is 10.9. The highest BCUT2D eigenvalue weighted by Gasteiger charge is 1.91. The number of hydrogen-bond acceptors (Lipinski definition) is 6. The van der Waals surface area contributed by atoms with Crippen molar-refractivity contribution in [2.45, 2.75) is 0 Å². The van der Waals surface area contributed by atoms with Crippen LogP contribution in [0.1, 0.15) is 0 Å². The Morgan fingerprint density at radius 1 is 1.31 bits per heavy atom. The summed E-state index contributed by atoms with van der Waals surface area (Å²) in [7, 11) is 0. The van der Waals surface area contributed by atoms with Gasteiger partial charge in [0.05, 0.1) is 0 Å². The lowest BCUT2D eigenvalue weighted by Gasteiger charge is -1.89. The predicted octanol–water partition coefficient (Wildman–Crippen LogP) is -2.48. The normalized spacial score (nSPS) is 8.31. The van der Waals surface area contributed by atoms with Crippen molar-refractivity contribution in [2.75, 3.05) is 11.5 Å². The van der Waals surface area contributed by atoms with E-state index in [1.54, 1.807) is 0 Å². The van der Waals surface area contributed by atoms with E-state index < -0.39 is 5.69 Å². The standard InChI is InChI=1S/C3H5N5O.CH4N2S/c4-1-6-2(5)8-3(9)7-1;2-1(3)4/h(H5,4,5,6,7,8,9);(H4,2,3,4). The Kier molecular flexibility index (Phi) is 4.16. The minimum absolute atomic E-state index is 0.000000000000000222. The Morgan fingerprint density at radius 3 is 2.08 bits per heavy atom. The van der Waals surface area contributed by atoms with Crippen molar-refractivity contribution in [3.63, 3.8) is 0 Å². The smallest absolute Gasteiger partial charge is 0.350 e. The average molecular weight is 203 g/mol. The quantitative estimate of drug-likeness (QED) is 0.289. The third-order valence-corrected chi connectivity index (χ3v) is 0.686. The van der Waals surface area contributed by atoms with Gasteiger partial charge in [0.15, 0.2) is 5.11 Å². The van der Waals surface area contributed by atoms with Crippen molar-refractivity contribution in [1.29, 1.82) is 0 Å². The Labute approximate surface area is 78.3 Å². The largest absolute Gasteiger partial charge is 0.377 e. The molecule has 9 heteroatoms. The molecule has 1 rings (SSSR count). The molecule has 9 N–H and O–H groups in total. The van der Waals surface area contributed by atoms with E-state index in [1.165, 1.54) is 0 Å². The molecule has 1 heterocycles. The van der Waals surface area contributed by atoms with Crippen LogP contribution in [-0.2, 0) is 0 Å². The van der Waals surface area contributed by atoms with Gasteiger partial charge in [-0.2, -0.15) is 9.97 Å². The summed E-state index contributed by atoms with van der Waals surface area (Å²) in [5.41, 5.74) is 18.8. The van der Waals surface area contributed by atoms with Crippen LogP contribution in [0.25, 0.3) is 0 Å². The maximum atomic E-state index is 10.3. The molecule has 0 spiro atoms. The van der Waals surface area contributed by atoms with E-state index in [0.29, 0.717) is 0 Å². The predicted molar refractivity (Wildman–Crippen MR) is 52.5 cm³/mol. The van der Waals surface area contributed by atoms with Gasteiger partial charge in [-0.1, -0.05) is 0 Å². The van der Waals surface area contributed by atoms with Crippen LogP contribution in [0.15, 0.2) is 4.79 Å². The first-order valence-corrected chi connectivity index (χ1v) is 3.37. The first-order chi connectivity index (χ1) is 5.91. The molecule has 72 valence electrons. The van der Waals surface area contributed by atoms with Crippen molar-refractivity contribution >= 4 is 29.2 Å². The van der Waals surface area contributed by atoms with E-state index in [0.717, 1.165) is 0 Å². The van der Waals surface area contributed by atoms with Crippen molar-refractivity contribution in [3.8, 4) is 0 Å². The third-order valence-electron chi connectivity index (χ3n) is 0.686. The van der Waals surface area contributed by atoms with Crippen LogP contribution < -0.4 is 28.6 Å². The Bertz CT molecular complexity index is 319. The van der Waals surface area contributed by atoms with E-state index in [9.17, 15) is 4.79 Å². The summed E-state index contributed by atoms with van der Waals surface area (Å²) in [4.78, 5) is 19.1. The minimum Gasteiger partial charge on any atom is -0.377 e. The fraction of sp³-hybridized carbons (Fsp3) is 0. The summed E-state index contributed by atoms with van der Waals surface area (Å²) in [5, 5.41) is 0.000000000000000222. The van der Waals surface area contributed by atoms with Crippen LogP contribution in [0.2, 0.25) is 0 Å². The summed E-state index contributed by atoms with van der Waals surface area (Å²) >= 11 is 4.09. The molecule has 0 atom stereocenters. The summed E-state index contributed by atoms with van der Waals surface area (Å²) in [5.74, 6) is -0.135. The summed E-state index contributed by atoms with van der Waals surface area (Å²) in [6.07, 6.45) is 0. The number of aromatic nitrogens is 3. The fourth-order valence-corrected chi connectivity index (χ4v) is 0.418. The number of anilines is 2.